The smallest absolute Gasteiger partial charge is 0.0803 e. The summed E-state index contributed by atoms with van der Waals surface area (Å²) in [7, 11) is 0. The van der Waals surface area contributed by atoms with Gasteiger partial charge in [-0.2, -0.15) is 0 Å². The van der Waals surface area contributed by atoms with Gasteiger partial charge in [-0.15, -0.1) is 11.3 Å². The molecule has 0 aliphatic rings. The fraction of sp³-hybridized carbons (Fsp3) is 0.133. The van der Waals surface area contributed by atoms with Crippen LogP contribution in [0, 0.1) is 6.92 Å². The van der Waals surface area contributed by atoms with Crippen molar-refractivity contribution < 1.29 is 0 Å². The number of aromatic nitrogens is 1. The molecule has 0 aliphatic carbocycles. The van der Waals surface area contributed by atoms with E-state index in [2.05, 4.69) is 50.6 Å². The molecule has 20 heavy (non-hydrogen) atoms. The molecule has 0 saturated carbocycles. The molecular weight excluding hydrogens is 334 g/mol. The highest BCUT2D eigenvalue weighted by Gasteiger charge is 2.15. The Hall–Kier alpha value is -1.27. The number of benzene rings is 1. The molecule has 1 unspecified atom stereocenters. The first-order valence-corrected chi connectivity index (χ1v) is 7.87. The molecule has 0 aliphatic heterocycles. The number of nitrogens with one attached hydrogen (secondary N) is 1. The Morgan fingerprint density at radius 3 is 2.75 bits per heavy atom. The van der Waals surface area contributed by atoms with E-state index in [9.17, 15) is 0 Å². The minimum Gasteiger partial charge on any atom is -0.271 e. The first-order valence-electron chi connectivity index (χ1n) is 6.26. The van der Waals surface area contributed by atoms with E-state index in [1.807, 2.05) is 25.1 Å². The highest BCUT2D eigenvalue weighted by molar-refractivity contribution is 9.11. The summed E-state index contributed by atoms with van der Waals surface area (Å²) in [5.41, 5.74) is 6.07. The lowest BCUT2D eigenvalue weighted by Crippen LogP contribution is -2.28. The lowest BCUT2D eigenvalue weighted by atomic mass is 10.0. The number of nitrogens with two attached hydrogens (primary N) is 1. The Balaban J connectivity index is 2.05. The van der Waals surface area contributed by atoms with Crippen LogP contribution >= 0.6 is 27.3 Å². The molecule has 3 rings (SSSR count). The Labute approximate surface area is 129 Å². The monoisotopic (exact) mass is 347 g/mol. The third-order valence-electron chi connectivity index (χ3n) is 3.23. The van der Waals surface area contributed by atoms with E-state index < -0.39 is 0 Å². The van der Waals surface area contributed by atoms with E-state index in [1.165, 1.54) is 4.88 Å². The van der Waals surface area contributed by atoms with Gasteiger partial charge in [-0.1, -0.05) is 12.1 Å². The maximum atomic E-state index is 5.74. The Morgan fingerprint density at radius 1 is 1.20 bits per heavy atom. The van der Waals surface area contributed by atoms with Crippen LogP contribution in [-0.2, 0) is 0 Å². The Kier molecular flexibility index (Phi) is 3.85. The molecule has 0 saturated heterocycles. The molecule has 2 aromatic heterocycles. The van der Waals surface area contributed by atoms with Gasteiger partial charge in [-0.3, -0.25) is 10.8 Å². The first-order chi connectivity index (χ1) is 9.67. The molecule has 3 nitrogen and oxygen atoms in total. The fourth-order valence-electron chi connectivity index (χ4n) is 2.25. The van der Waals surface area contributed by atoms with Gasteiger partial charge in [0.25, 0.3) is 0 Å². The van der Waals surface area contributed by atoms with Crippen LogP contribution in [0.4, 0.5) is 0 Å². The summed E-state index contributed by atoms with van der Waals surface area (Å²) in [6.07, 6.45) is 0. The number of fused-ring (bicyclic) bond motifs is 1. The molecule has 3 aromatic rings. The molecule has 0 fully saturated rings. The number of aryl methyl sites for hydroxylation is 1. The zero-order valence-electron chi connectivity index (χ0n) is 10.9. The van der Waals surface area contributed by atoms with E-state index in [4.69, 9.17) is 5.84 Å². The quantitative estimate of drug-likeness (QED) is 0.557. The van der Waals surface area contributed by atoms with Gasteiger partial charge in [0.05, 0.1) is 15.3 Å². The van der Waals surface area contributed by atoms with Crippen LogP contribution in [-0.4, -0.2) is 4.98 Å². The highest BCUT2D eigenvalue weighted by atomic mass is 79.9. The van der Waals surface area contributed by atoms with Crippen LogP contribution in [0.3, 0.4) is 0 Å². The molecule has 3 N–H and O–H groups in total. The maximum Gasteiger partial charge on any atom is 0.0803 e. The maximum absolute atomic E-state index is 5.74. The summed E-state index contributed by atoms with van der Waals surface area (Å²) in [6, 6.07) is 14.5. The van der Waals surface area contributed by atoms with Crippen molar-refractivity contribution >= 4 is 38.2 Å². The number of hydrogen-bond acceptors (Lipinski definition) is 4. The third-order valence-corrected chi connectivity index (χ3v) is 4.92. The third kappa shape index (κ3) is 2.62. The van der Waals surface area contributed by atoms with Gasteiger partial charge >= 0.3 is 0 Å². The second-order valence-corrected chi connectivity index (χ2v) is 7.14. The zero-order valence-corrected chi connectivity index (χ0v) is 13.3. The summed E-state index contributed by atoms with van der Waals surface area (Å²) in [5, 5.41) is 1.13. The van der Waals surface area contributed by atoms with Crippen molar-refractivity contribution in [1.82, 2.24) is 10.4 Å². The normalized spacial score (nSPS) is 12.8. The standard InChI is InChI=1S/C15H14BrN3S/c1-9-2-3-10-8-11(4-5-12(10)18-9)15(19-17)13-6-7-14(16)20-13/h2-8,15,19H,17H2,1H3. The van der Waals surface area contributed by atoms with Gasteiger partial charge in [-0.05, 0) is 58.7 Å². The predicted octanol–water partition coefficient (Wildman–Crippen LogP) is 3.92. The lowest BCUT2D eigenvalue weighted by Gasteiger charge is -2.15. The van der Waals surface area contributed by atoms with Gasteiger partial charge in [-0.25, -0.2) is 5.43 Å². The number of thiophene rings is 1. The highest BCUT2D eigenvalue weighted by Crippen LogP contribution is 2.31. The van der Waals surface area contributed by atoms with E-state index >= 15 is 0 Å². The van der Waals surface area contributed by atoms with Crippen LogP contribution < -0.4 is 11.3 Å². The second-order valence-electron chi connectivity index (χ2n) is 4.65. The van der Waals surface area contributed by atoms with Crippen molar-refractivity contribution in [2.24, 2.45) is 5.84 Å². The van der Waals surface area contributed by atoms with E-state index in [0.717, 1.165) is 25.9 Å². The average Bonchev–Trinajstić information content (AvgIpc) is 2.86. The second kappa shape index (κ2) is 5.61. The number of pyridine rings is 1. The molecule has 5 heteroatoms. The fourth-order valence-corrected chi connectivity index (χ4v) is 3.76. The summed E-state index contributed by atoms with van der Waals surface area (Å²) >= 11 is 5.17. The average molecular weight is 348 g/mol. The van der Waals surface area contributed by atoms with Crippen molar-refractivity contribution in [3.63, 3.8) is 0 Å². The molecule has 0 bridgehead atoms. The van der Waals surface area contributed by atoms with Gasteiger partial charge in [0.1, 0.15) is 0 Å². The van der Waals surface area contributed by atoms with E-state index in [1.54, 1.807) is 11.3 Å². The van der Waals surface area contributed by atoms with E-state index in [-0.39, 0.29) is 6.04 Å². The predicted molar refractivity (Wildman–Crippen MR) is 87.7 cm³/mol. The lowest BCUT2D eigenvalue weighted by molar-refractivity contribution is 0.647. The van der Waals surface area contributed by atoms with Crippen molar-refractivity contribution in [2.75, 3.05) is 0 Å². The van der Waals surface area contributed by atoms with Gasteiger partial charge < -0.3 is 0 Å². The molecule has 0 spiro atoms. The van der Waals surface area contributed by atoms with Crippen molar-refractivity contribution in [3.8, 4) is 0 Å². The number of nitrogens with zero attached hydrogens (tertiary/aromatic N) is 1. The molecule has 102 valence electrons. The van der Waals surface area contributed by atoms with Crippen LogP contribution in [0.2, 0.25) is 0 Å². The van der Waals surface area contributed by atoms with Crippen molar-refractivity contribution in [3.05, 3.63) is 62.4 Å². The van der Waals surface area contributed by atoms with Crippen LogP contribution in [0.15, 0.2) is 46.3 Å². The molecule has 2 heterocycles. The number of rotatable bonds is 3. The summed E-state index contributed by atoms with van der Waals surface area (Å²) in [6.45, 7) is 2.00. The summed E-state index contributed by atoms with van der Waals surface area (Å²) in [4.78, 5) is 5.70. The van der Waals surface area contributed by atoms with Crippen molar-refractivity contribution in [2.45, 2.75) is 13.0 Å². The summed E-state index contributed by atoms with van der Waals surface area (Å²) in [5.74, 6) is 5.74. The number of halogens is 1. The molecule has 1 aromatic carbocycles. The van der Waals surface area contributed by atoms with Crippen LogP contribution in [0.1, 0.15) is 22.2 Å². The molecular formula is C15H14BrN3S. The number of hydrazine groups is 1. The first kappa shape index (κ1) is 13.7. The zero-order chi connectivity index (χ0) is 14.1. The molecule has 0 radical (unpaired) electrons. The molecule has 0 amide bonds. The van der Waals surface area contributed by atoms with Crippen LogP contribution in [0.5, 0.6) is 0 Å². The minimum absolute atomic E-state index is 0.00277. The van der Waals surface area contributed by atoms with Crippen molar-refractivity contribution in [1.29, 1.82) is 0 Å². The Bertz CT molecular complexity index is 754. The van der Waals surface area contributed by atoms with Gasteiger partial charge in [0.2, 0.25) is 0 Å². The van der Waals surface area contributed by atoms with E-state index in [0.29, 0.717) is 0 Å². The topological polar surface area (TPSA) is 50.9 Å². The summed E-state index contributed by atoms with van der Waals surface area (Å²) < 4.78 is 1.10. The minimum atomic E-state index is -0.00277. The van der Waals surface area contributed by atoms with Crippen LogP contribution in [0.25, 0.3) is 10.9 Å². The van der Waals surface area contributed by atoms with Gasteiger partial charge in [0.15, 0.2) is 0 Å². The Morgan fingerprint density at radius 2 is 2.05 bits per heavy atom. The molecule has 1 atom stereocenters. The number of hydrogen-bond donors (Lipinski definition) is 2. The van der Waals surface area contributed by atoms with Gasteiger partial charge in [0, 0.05) is 16.0 Å². The largest absolute Gasteiger partial charge is 0.271 e. The SMILES string of the molecule is Cc1ccc2cc(C(NN)c3ccc(Br)s3)ccc2n1.